The minimum absolute atomic E-state index is 0.0472. The average Bonchev–Trinajstić information content (AvgIpc) is 3.15. The molecule has 33 heavy (non-hydrogen) atoms. The van der Waals surface area contributed by atoms with Crippen LogP contribution in [0.25, 0.3) is 16.9 Å². The first-order valence-electron chi connectivity index (χ1n) is 10.7. The molecule has 0 saturated heterocycles. The predicted octanol–water partition coefficient (Wildman–Crippen LogP) is 5.00. The lowest BCUT2D eigenvalue weighted by molar-refractivity contribution is -0.143. The molecule has 0 radical (unpaired) electrons. The lowest BCUT2D eigenvalue weighted by Gasteiger charge is -2.14. The third kappa shape index (κ3) is 7.21. The number of hydrogen-bond donors (Lipinski definition) is 1. The first kappa shape index (κ1) is 24.6. The van der Waals surface area contributed by atoms with Crippen molar-refractivity contribution >= 4 is 11.4 Å². The number of carbonyl (C=O) groups excluding carboxylic acids is 1. The zero-order valence-electron chi connectivity index (χ0n) is 18.6. The summed E-state index contributed by atoms with van der Waals surface area (Å²) in [4.78, 5) is 16.6. The molecule has 0 unspecified atom stereocenters. The van der Waals surface area contributed by atoms with Gasteiger partial charge in [0.2, 0.25) is 0 Å². The van der Waals surface area contributed by atoms with Crippen molar-refractivity contribution in [2.75, 3.05) is 13.2 Å². The molecule has 0 aliphatic heterocycles. The van der Waals surface area contributed by atoms with Gasteiger partial charge in [-0.1, -0.05) is 0 Å². The van der Waals surface area contributed by atoms with Gasteiger partial charge in [0.15, 0.2) is 0 Å². The molecule has 3 rings (SSSR count). The number of rotatable bonds is 11. The van der Waals surface area contributed by atoms with E-state index in [0.717, 1.165) is 11.3 Å². The highest BCUT2D eigenvalue weighted by molar-refractivity contribution is 5.81. The Morgan fingerprint density at radius 1 is 1.18 bits per heavy atom. The van der Waals surface area contributed by atoms with Crippen LogP contribution >= 0.6 is 0 Å². The number of aliphatic hydroxyl groups is 1. The molecule has 2 aromatic heterocycles. The van der Waals surface area contributed by atoms with Gasteiger partial charge in [0.05, 0.1) is 31.0 Å². The molecule has 1 aromatic carbocycles. The third-order valence-corrected chi connectivity index (χ3v) is 4.78. The lowest BCUT2D eigenvalue weighted by atomic mass is 10.0. The van der Waals surface area contributed by atoms with Crippen LogP contribution in [0.4, 0.5) is 13.2 Å². The highest BCUT2D eigenvalue weighted by atomic mass is 19.4. The molecule has 0 amide bonds. The van der Waals surface area contributed by atoms with Gasteiger partial charge in [0.25, 0.3) is 0 Å². The smallest absolute Gasteiger partial charge is 0.389 e. The molecule has 9 heteroatoms. The van der Waals surface area contributed by atoms with Gasteiger partial charge in [0.1, 0.15) is 22.9 Å². The predicted molar refractivity (Wildman–Crippen MR) is 118 cm³/mol. The van der Waals surface area contributed by atoms with Crippen molar-refractivity contribution in [1.82, 2.24) is 9.38 Å². The van der Waals surface area contributed by atoms with E-state index >= 15 is 0 Å². The molecule has 1 N–H and O–H groups in total. The Kier molecular flexibility index (Phi) is 7.97. The van der Waals surface area contributed by atoms with E-state index in [9.17, 15) is 18.0 Å². The average molecular weight is 464 g/mol. The third-order valence-electron chi connectivity index (χ3n) is 4.78. The Morgan fingerprint density at radius 3 is 2.67 bits per heavy atom. The molecule has 178 valence electrons. The molecule has 6 nitrogen and oxygen atoms in total. The van der Waals surface area contributed by atoms with Crippen LogP contribution in [0.5, 0.6) is 11.5 Å². The molecule has 2 heterocycles. The van der Waals surface area contributed by atoms with Crippen LogP contribution in [0.15, 0.2) is 42.7 Å². The Hall–Kier alpha value is -3.07. The first-order chi connectivity index (χ1) is 15.6. The molecule has 0 saturated carbocycles. The summed E-state index contributed by atoms with van der Waals surface area (Å²) in [5.74, 6) is 0.670. The van der Waals surface area contributed by atoms with Gasteiger partial charge in [-0.3, -0.25) is 9.20 Å². The lowest BCUT2D eigenvalue weighted by Crippen LogP contribution is -2.12. The maximum Gasteiger partial charge on any atom is 0.389 e. The number of pyridine rings is 1. The van der Waals surface area contributed by atoms with Crippen molar-refractivity contribution in [3.05, 3.63) is 48.3 Å². The van der Waals surface area contributed by atoms with E-state index in [1.165, 1.54) is 0 Å². The van der Waals surface area contributed by atoms with Crippen molar-refractivity contribution in [3.63, 3.8) is 0 Å². The number of aliphatic hydroxyl groups excluding tert-OH is 1. The van der Waals surface area contributed by atoms with Crippen molar-refractivity contribution < 1.29 is 32.5 Å². The summed E-state index contributed by atoms with van der Waals surface area (Å²) in [5, 5.41) is 8.89. The monoisotopic (exact) mass is 464 g/mol. The van der Waals surface area contributed by atoms with Crippen molar-refractivity contribution in [2.45, 2.75) is 51.8 Å². The Morgan fingerprint density at radius 2 is 1.97 bits per heavy atom. The quantitative estimate of drug-likeness (QED) is 0.404. The van der Waals surface area contributed by atoms with E-state index in [1.807, 2.05) is 24.3 Å². The first-order valence-corrected chi connectivity index (χ1v) is 10.7. The number of aromatic nitrogens is 2. The van der Waals surface area contributed by atoms with Crippen LogP contribution in [0.2, 0.25) is 0 Å². The van der Waals surface area contributed by atoms with Gasteiger partial charge in [-0.05, 0) is 43.7 Å². The summed E-state index contributed by atoms with van der Waals surface area (Å²) in [7, 11) is 0. The van der Waals surface area contributed by atoms with Gasteiger partial charge in [-0.25, -0.2) is 4.98 Å². The van der Waals surface area contributed by atoms with Crippen LogP contribution in [0, 0.1) is 0 Å². The molecule has 3 aromatic rings. The van der Waals surface area contributed by atoms with Gasteiger partial charge in [-0.2, -0.15) is 13.2 Å². The second kappa shape index (κ2) is 10.7. The molecular weight excluding hydrogens is 437 g/mol. The van der Waals surface area contributed by atoms with E-state index in [1.54, 1.807) is 36.7 Å². The van der Waals surface area contributed by atoms with E-state index in [2.05, 4.69) is 4.98 Å². The molecule has 0 spiro atoms. The maximum absolute atomic E-state index is 12.5. The minimum Gasteiger partial charge on any atom is -0.493 e. The van der Waals surface area contributed by atoms with Crippen LogP contribution in [-0.4, -0.2) is 45.8 Å². The van der Waals surface area contributed by atoms with E-state index in [0.29, 0.717) is 35.7 Å². The summed E-state index contributed by atoms with van der Waals surface area (Å²) in [5.41, 5.74) is 2.69. The van der Waals surface area contributed by atoms with Crippen molar-refractivity contribution in [2.24, 2.45) is 0 Å². The Balaban J connectivity index is 1.88. The molecular formula is C24H27F3N2O4. The zero-order valence-corrected chi connectivity index (χ0v) is 18.6. The topological polar surface area (TPSA) is 73.1 Å². The Labute approximate surface area is 190 Å². The number of benzene rings is 1. The molecule has 0 bridgehead atoms. The second-order valence-electron chi connectivity index (χ2n) is 8.02. The molecule has 0 fully saturated rings. The maximum atomic E-state index is 12.5. The summed E-state index contributed by atoms with van der Waals surface area (Å²) in [6.45, 7) is 4.17. The van der Waals surface area contributed by atoms with Gasteiger partial charge >= 0.3 is 6.18 Å². The number of ether oxygens (including phenoxy) is 2. The number of hydrogen-bond acceptors (Lipinski definition) is 5. The van der Waals surface area contributed by atoms with Gasteiger partial charge < -0.3 is 14.6 Å². The van der Waals surface area contributed by atoms with E-state index in [-0.39, 0.29) is 19.1 Å². The number of alkyl halides is 3. The second-order valence-corrected chi connectivity index (χ2v) is 8.02. The van der Waals surface area contributed by atoms with Crippen molar-refractivity contribution in [1.29, 1.82) is 0 Å². The fraction of sp³-hybridized carbons (Fsp3) is 0.417. The van der Waals surface area contributed by atoms with E-state index < -0.39 is 24.8 Å². The molecule has 0 atom stereocenters. The minimum atomic E-state index is -4.36. The standard InChI is InChI=1S/C24H27F3N2O4/c1-16(2)33-21-12-17(11-19(31)4-6-24(25,26)27)10-18(13-21)22-15-28-23-14-20(5-7-29(22)23)32-9-3-8-30/h5,7,10,12-16,30H,3-4,6,8-9,11H2,1-2H3. The van der Waals surface area contributed by atoms with Crippen LogP contribution in [0.1, 0.15) is 38.7 Å². The summed E-state index contributed by atoms with van der Waals surface area (Å²) >= 11 is 0. The number of halogens is 3. The number of imidazole rings is 1. The highest BCUT2D eigenvalue weighted by Gasteiger charge is 2.27. The summed E-state index contributed by atoms with van der Waals surface area (Å²) in [6.07, 6.45) is -2.27. The molecule has 0 aliphatic carbocycles. The van der Waals surface area contributed by atoms with Crippen LogP contribution in [0.3, 0.4) is 0 Å². The summed E-state index contributed by atoms with van der Waals surface area (Å²) < 4.78 is 50.7. The number of ketones is 1. The fourth-order valence-electron chi connectivity index (χ4n) is 3.37. The van der Waals surface area contributed by atoms with Crippen molar-refractivity contribution in [3.8, 4) is 22.8 Å². The number of nitrogens with zero attached hydrogens (tertiary/aromatic N) is 2. The van der Waals surface area contributed by atoms with Gasteiger partial charge in [0, 0.05) is 43.7 Å². The van der Waals surface area contributed by atoms with E-state index in [4.69, 9.17) is 14.6 Å². The number of fused-ring (bicyclic) bond motifs is 1. The summed E-state index contributed by atoms with van der Waals surface area (Å²) in [6, 6.07) is 8.83. The largest absolute Gasteiger partial charge is 0.493 e. The number of carbonyl (C=O) groups is 1. The SMILES string of the molecule is CC(C)Oc1cc(CC(=O)CCC(F)(F)F)cc(-c2cnc3cc(OCCCO)ccn23)c1. The molecule has 0 aliphatic rings. The number of Topliss-reactive ketones (excluding diaryl/α,β-unsaturated/α-hetero) is 1. The zero-order chi connectivity index (χ0) is 24.0. The fourth-order valence-corrected chi connectivity index (χ4v) is 3.37. The van der Waals surface area contributed by atoms with Gasteiger partial charge in [-0.15, -0.1) is 0 Å². The Bertz CT molecular complexity index is 1090. The van der Waals surface area contributed by atoms with Crippen LogP contribution in [-0.2, 0) is 11.2 Å². The van der Waals surface area contributed by atoms with Crippen LogP contribution < -0.4 is 9.47 Å². The highest BCUT2D eigenvalue weighted by Crippen LogP contribution is 2.29. The normalized spacial score (nSPS) is 11.8.